The number of nitrogens with zero attached hydrogens (tertiary/aromatic N) is 1. The van der Waals surface area contributed by atoms with E-state index < -0.39 is 0 Å². The number of carbonyl (C=O) groups excluding carboxylic acids is 2. The monoisotopic (exact) mass is 338 g/mol. The van der Waals surface area contributed by atoms with E-state index in [4.69, 9.17) is 4.74 Å². The van der Waals surface area contributed by atoms with Crippen LogP contribution in [0.15, 0.2) is 48.8 Å². The molecule has 0 bridgehead atoms. The average Bonchev–Trinajstić information content (AvgIpc) is 3.05. The third kappa shape index (κ3) is 3.84. The van der Waals surface area contributed by atoms with Crippen molar-refractivity contribution >= 4 is 28.5 Å². The van der Waals surface area contributed by atoms with Crippen LogP contribution in [0.2, 0.25) is 0 Å². The maximum atomic E-state index is 12.8. The van der Waals surface area contributed by atoms with Gasteiger partial charge in [0.2, 0.25) is 0 Å². The molecule has 0 aliphatic heterocycles. The highest BCUT2D eigenvalue weighted by Crippen LogP contribution is 2.21. The summed E-state index contributed by atoms with van der Waals surface area (Å²) in [6.07, 6.45) is 3.32. The number of pyridine rings is 1. The van der Waals surface area contributed by atoms with Crippen molar-refractivity contribution in [1.29, 1.82) is 0 Å². The number of carbonyl (C=O) groups is 2. The number of amides is 2. The summed E-state index contributed by atoms with van der Waals surface area (Å²) in [5.74, 6) is -0.136. The van der Waals surface area contributed by atoms with E-state index in [1.807, 2.05) is 6.07 Å². The Bertz CT molecular complexity index is 904. The van der Waals surface area contributed by atoms with Crippen molar-refractivity contribution in [2.75, 3.05) is 25.6 Å². The van der Waals surface area contributed by atoms with E-state index in [1.54, 1.807) is 49.8 Å². The molecule has 0 unspecified atom stereocenters. The van der Waals surface area contributed by atoms with Gasteiger partial charge < -0.3 is 20.4 Å². The van der Waals surface area contributed by atoms with Gasteiger partial charge in [-0.3, -0.25) is 4.79 Å². The number of methoxy groups -OCH3 is 1. The van der Waals surface area contributed by atoms with Crippen LogP contribution in [0.1, 0.15) is 15.9 Å². The number of rotatable bonds is 6. The van der Waals surface area contributed by atoms with Crippen LogP contribution in [0.4, 0.5) is 10.5 Å². The lowest BCUT2D eigenvalue weighted by molar-refractivity contribution is 0.104. The summed E-state index contributed by atoms with van der Waals surface area (Å²) in [5.41, 5.74) is 2.24. The molecule has 0 saturated heterocycles. The van der Waals surface area contributed by atoms with Crippen molar-refractivity contribution < 1.29 is 14.3 Å². The van der Waals surface area contributed by atoms with Gasteiger partial charge in [-0.05, 0) is 24.3 Å². The van der Waals surface area contributed by atoms with Gasteiger partial charge in [-0.25, -0.2) is 9.78 Å². The molecule has 7 nitrogen and oxygen atoms in total. The number of hydrogen-bond donors (Lipinski definition) is 3. The minimum Gasteiger partial charge on any atom is -0.383 e. The first-order valence-corrected chi connectivity index (χ1v) is 7.79. The Morgan fingerprint density at radius 1 is 1.24 bits per heavy atom. The van der Waals surface area contributed by atoms with Crippen LogP contribution < -0.4 is 10.6 Å². The van der Waals surface area contributed by atoms with Crippen molar-refractivity contribution in [3.05, 3.63) is 59.9 Å². The maximum Gasteiger partial charge on any atom is 0.319 e. The summed E-state index contributed by atoms with van der Waals surface area (Å²) in [6, 6.07) is 10.1. The summed E-state index contributed by atoms with van der Waals surface area (Å²) in [7, 11) is 1.56. The van der Waals surface area contributed by atoms with Gasteiger partial charge in [0.15, 0.2) is 5.78 Å². The number of aromatic amines is 1. The number of benzene rings is 1. The molecule has 0 spiro atoms. The first kappa shape index (κ1) is 16.7. The lowest BCUT2D eigenvalue weighted by Crippen LogP contribution is -2.31. The second-order valence-corrected chi connectivity index (χ2v) is 5.39. The molecule has 0 saturated carbocycles. The number of ketones is 1. The Hall–Kier alpha value is -3.19. The number of urea groups is 1. The highest BCUT2D eigenvalue weighted by Gasteiger charge is 2.15. The van der Waals surface area contributed by atoms with E-state index in [0.29, 0.717) is 35.6 Å². The molecule has 25 heavy (non-hydrogen) atoms. The summed E-state index contributed by atoms with van der Waals surface area (Å²) in [5, 5.41) is 6.13. The molecule has 3 rings (SSSR count). The molecule has 3 N–H and O–H groups in total. The number of fused-ring (bicyclic) bond motifs is 1. The van der Waals surface area contributed by atoms with Crippen LogP contribution in [0.3, 0.4) is 0 Å². The smallest absolute Gasteiger partial charge is 0.319 e. The van der Waals surface area contributed by atoms with Crippen LogP contribution >= 0.6 is 0 Å². The van der Waals surface area contributed by atoms with Crippen LogP contribution in [0.5, 0.6) is 0 Å². The maximum absolute atomic E-state index is 12.8. The lowest BCUT2D eigenvalue weighted by Gasteiger charge is -2.08. The summed E-state index contributed by atoms with van der Waals surface area (Å²) >= 11 is 0. The Morgan fingerprint density at radius 2 is 2.12 bits per heavy atom. The van der Waals surface area contributed by atoms with Crippen molar-refractivity contribution in [3.8, 4) is 0 Å². The topological polar surface area (TPSA) is 96.1 Å². The third-order valence-corrected chi connectivity index (χ3v) is 3.67. The molecular weight excluding hydrogens is 320 g/mol. The van der Waals surface area contributed by atoms with E-state index in [0.717, 1.165) is 5.39 Å². The largest absolute Gasteiger partial charge is 0.383 e. The number of hydrogen-bond acceptors (Lipinski definition) is 4. The molecule has 0 atom stereocenters. The summed E-state index contributed by atoms with van der Waals surface area (Å²) < 4.78 is 4.87. The number of anilines is 1. The molecule has 2 amide bonds. The highest BCUT2D eigenvalue weighted by atomic mass is 16.5. The molecular formula is C18H18N4O3. The number of ether oxygens (including phenoxy) is 1. The van der Waals surface area contributed by atoms with E-state index in [2.05, 4.69) is 20.6 Å². The highest BCUT2D eigenvalue weighted by molar-refractivity contribution is 6.16. The van der Waals surface area contributed by atoms with E-state index in [9.17, 15) is 9.59 Å². The molecule has 3 aromatic rings. The molecule has 1 aromatic carbocycles. The minimum atomic E-state index is -0.349. The van der Waals surface area contributed by atoms with Crippen LogP contribution in [-0.4, -0.2) is 42.0 Å². The van der Waals surface area contributed by atoms with Gasteiger partial charge in [0, 0.05) is 48.2 Å². The molecule has 0 aliphatic carbocycles. The summed E-state index contributed by atoms with van der Waals surface area (Å²) in [6.45, 7) is 0.837. The van der Waals surface area contributed by atoms with E-state index >= 15 is 0 Å². The molecule has 2 heterocycles. The average molecular weight is 338 g/mol. The van der Waals surface area contributed by atoms with Crippen molar-refractivity contribution in [2.24, 2.45) is 0 Å². The molecule has 2 aromatic heterocycles. The second-order valence-electron chi connectivity index (χ2n) is 5.39. The van der Waals surface area contributed by atoms with Crippen LogP contribution in [0, 0.1) is 0 Å². The first-order chi connectivity index (χ1) is 12.2. The Kier molecular flexibility index (Phi) is 5.06. The quantitative estimate of drug-likeness (QED) is 0.475. The normalized spacial score (nSPS) is 10.6. The number of nitrogens with one attached hydrogen (secondary N) is 3. The van der Waals surface area contributed by atoms with Crippen molar-refractivity contribution in [2.45, 2.75) is 0 Å². The predicted molar refractivity (Wildman–Crippen MR) is 94.9 cm³/mol. The van der Waals surface area contributed by atoms with Crippen molar-refractivity contribution in [1.82, 2.24) is 15.3 Å². The zero-order valence-electron chi connectivity index (χ0n) is 13.7. The fraction of sp³-hybridized carbons (Fsp3) is 0.167. The summed E-state index contributed by atoms with van der Waals surface area (Å²) in [4.78, 5) is 31.8. The zero-order valence-corrected chi connectivity index (χ0v) is 13.7. The molecule has 128 valence electrons. The fourth-order valence-corrected chi connectivity index (χ4v) is 2.48. The zero-order chi connectivity index (χ0) is 17.6. The Balaban J connectivity index is 1.77. The molecule has 0 aliphatic rings. The van der Waals surface area contributed by atoms with Crippen LogP contribution in [-0.2, 0) is 4.74 Å². The molecule has 0 fully saturated rings. The van der Waals surface area contributed by atoms with Gasteiger partial charge >= 0.3 is 6.03 Å². The van der Waals surface area contributed by atoms with Gasteiger partial charge in [-0.2, -0.15) is 0 Å². The lowest BCUT2D eigenvalue weighted by atomic mass is 10.0. The van der Waals surface area contributed by atoms with Gasteiger partial charge in [0.1, 0.15) is 5.65 Å². The van der Waals surface area contributed by atoms with Crippen LogP contribution in [0.25, 0.3) is 11.0 Å². The standard InChI is InChI=1S/C18H18N4O3/c1-25-9-8-20-18(24)22-13-5-2-4-12(10-13)16(23)15-11-21-17-14(15)6-3-7-19-17/h2-7,10-11H,8-9H2,1H3,(H,19,21)(H2,20,22,24). The molecule has 0 radical (unpaired) electrons. The van der Waals surface area contributed by atoms with Gasteiger partial charge in [0.05, 0.1) is 6.61 Å². The van der Waals surface area contributed by atoms with Gasteiger partial charge in [-0.15, -0.1) is 0 Å². The van der Waals surface area contributed by atoms with E-state index in [1.165, 1.54) is 0 Å². The van der Waals surface area contributed by atoms with Gasteiger partial charge in [0.25, 0.3) is 0 Å². The Morgan fingerprint density at radius 3 is 2.96 bits per heavy atom. The van der Waals surface area contributed by atoms with E-state index in [-0.39, 0.29) is 11.8 Å². The minimum absolute atomic E-state index is 0.136. The number of H-pyrrole nitrogens is 1. The van der Waals surface area contributed by atoms with Gasteiger partial charge in [-0.1, -0.05) is 12.1 Å². The predicted octanol–water partition coefficient (Wildman–Crippen LogP) is 2.56. The molecule has 7 heteroatoms. The fourth-order valence-electron chi connectivity index (χ4n) is 2.48. The third-order valence-electron chi connectivity index (χ3n) is 3.67. The second kappa shape index (κ2) is 7.59. The van der Waals surface area contributed by atoms with Crippen molar-refractivity contribution in [3.63, 3.8) is 0 Å². The SMILES string of the molecule is COCCNC(=O)Nc1cccc(C(=O)c2c[nH]c3ncccc23)c1. The first-order valence-electron chi connectivity index (χ1n) is 7.79. The Labute approximate surface area is 144 Å². The number of aromatic nitrogens is 2.